The molecule has 27 heavy (non-hydrogen) atoms. The molecule has 2 amide bonds. The maximum Gasteiger partial charge on any atom is 0.336 e. The number of aromatic nitrogens is 1. The number of likely N-dealkylation sites (tertiary alicyclic amines) is 1. The van der Waals surface area contributed by atoms with E-state index in [-0.39, 0.29) is 6.03 Å². The van der Waals surface area contributed by atoms with E-state index in [4.69, 9.17) is 11.5 Å². The van der Waals surface area contributed by atoms with Crippen molar-refractivity contribution < 1.29 is 4.79 Å². The van der Waals surface area contributed by atoms with Gasteiger partial charge in [0.15, 0.2) is 0 Å². The number of nitrogens with one attached hydrogen (secondary N) is 1. The topological polar surface area (TPSA) is 92.5 Å². The summed E-state index contributed by atoms with van der Waals surface area (Å²) in [5.74, 6) is 0.425. The van der Waals surface area contributed by atoms with Crippen molar-refractivity contribution in [3.63, 3.8) is 0 Å². The van der Waals surface area contributed by atoms with Crippen LogP contribution >= 0.6 is 0 Å². The Labute approximate surface area is 160 Å². The first-order valence-corrected chi connectivity index (χ1v) is 9.94. The van der Waals surface area contributed by atoms with Gasteiger partial charge >= 0.3 is 6.03 Å². The first kappa shape index (κ1) is 18.0. The van der Waals surface area contributed by atoms with E-state index in [9.17, 15) is 4.79 Å². The average molecular weight is 371 g/mol. The van der Waals surface area contributed by atoms with Gasteiger partial charge in [-0.25, -0.2) is 10.2 Å². The van der Waals surface area contributed by atoms with Crippen LogP contribution in [0, 0.1) is 0 Å². The molecule has 0 radical (unpaired) electrons. The van der Waals surface area contributed by atoms with Gasteiger partial charge in [-0.3, -0.25) is 4.68 Å². The molecule has 1 aliphatic heterocycles. The van der Waals surface area contributed by atoms with Crippen LogP contribution in [0.1, 0.15) is 43.7 Å². The molecule has 0 bridgehead atoms. The smallest absolute Gasteiger partial charge is 0.336 e. The summed E-state index contributed by atoms with van der Waals surface area (Å²) >= 11 is 0. The number of rotatable bonds is 3. The summed E-state index contributed by atoms with van der Waals surface area (Å²) < 4.78 is 1.81. The number of carbonyl (C=O) groups is 1. The molecule has 2 heterocycles. The number of nitrogens with two attached hydrogens (primary N) is 2. The molecule has 1 saturated heterocycles. The van der Waals surface area contributed by atoms with E-state index in [0.717, 1.165) is 36.0 Å². The molecule has 0 unspecified atom stereocenters. The van der Waals surface area contributed by atoms with Crippen molar-refractivity contribution in [3.8, 4) is 0 Å². The van der Waals surface area contributed by atoms with Gasteiger partial charge in [0.2, 0.25) is 0 Å². The zero-order valence-corrected chi connectivity index (χ0v) is 16.5. The van der Waals surface area contributed by atoms with Gasteiger partial charge in [0.25, 0.3) is 0 Å². The average Bonchev–Trinajstić information content (AvgIpc) is 2.98. The van der Waals surface area contributed by atoms with Crippen LogP contribution in [0.4, 0.5) is 16.2 Å². The highest BCUT2D eigenvalue weighted by molar-refractivity contribution is 6.01. The molecule has 7 nitrogen and oxygen atoms in total. The molecule has 2 aromatic rings. The summed E-state index contributed by atoms with van der Waals surface area (Å²) in [6.07, 6.45) is 5.32. The van der Waals surface area contributed by atoms with E-state index in [1.165, 1.54) is 17.5 Å². The van der Waals surface area contributed by atoms with Gasteiger partial charge in [0.1, 0.15) is 0 Å². The molecule has 0 saturated carbocycles. The monoisotopic (exact) mass is 370 g/mol. The summed E-state index contributed by atoms with van der Waals surface area (Å²) in [4.78, 5) is 16.8. The third kappa shape index (κ3) is 2.72. The molecule has 5 N–H and O–H groups in total. The number of nitrogen functional groups attached to an aromatic ring is 2. The second-order valence-corrected chi connectivity index (χ2v) is 7.81. The first-order valence-electron chi connectivity index (χ1n) is 9.94. The molecule has 1 aromatic heterocycles. The highest BCUT2D eigenvalue weighted by Crippen LogP contribution is 2.47. The third-order valence-corrected chi connectivity index (χ3v) is 6.37. The lowest BCUT2D eigenvalue weighted by atomic mass is 9.74. The number of urea groups is 1. The van der Waals surface area contributed by atoms with Crippen molar-refractivity contribution in [3.05, 3.63) is 23.4 Å². The number of amides is 2. The van der Waals surface area contributed by atoms with Crippen molar-refractivity contribution in [2.75, 3.05) is 43.6 Å². The summed E-state index contributed by atoms with van der Waals surface area (Å²) in [6.45, 7) is 6.40. The van der Waals surface area contributed by atoms with E-state index >= 15 is 0 Å². The van der Waals surface area contributed by atoms with Crippen molar-refractivity contribution in [1.29, 1.82) is 0 Å². The number of nitrogens with zero attached hydrogens (tertiary/aromatic N) is 3. The molecule has 2 atom stereocenters. The van der Waals surface area contributed by atoms with Crippen molar-refractivity contribution in [1.82, 2.24) is 14.5 Å². The highest BCUT2D eigenvalue weighted by Gasteiger charge is 2.38. The maximum absolute atomic E-state index is 12.6. The number of likely N-dealkylation sites (N-methyl/N-ethyl adjacent to an activating group) is 1. The van der Waals surface area contributed by atoms with E-state index in [2.05, 4.69) is 17.4 Å². The minimum absolute atomic E-state index is 0.116. The predicted molar refractivity (Wildman–Crippen MR) is 111 cm³/mol. The molecule has 7 heteroatoms. The fourth-order valence-corrected chi connectivity index (χ4v) is 5.01. The third-order valence-electron chi connectivity index (χ3n) is 6.37. The number of anilines is 2. The second kappa shape index (κ2) is 6.64. The SMILES string of the molecule is CCN(CC)C(=O)Nn1cc2c3c(c(N)cc(N)c31)[C@H]1CCCN(C)[C@@H]1C2. The molecule has 1 fully saturated rings. The lowest BCUT2D eigenvalue weighted by Gasteiger charge is -2.42. The van der Waals surface area contributed by atoms with Crippen LogP contribution in [-0.2, 0) is 6.42 Å². The van der Waals surface area contributed by atoms with Crippen molar-refractivity contribution >= 4 is 28.3 Å². The fraction of sp³-hybridized carbons (Fsp3) is 0.550. The Hall–Kier alpha value is -2.41. The van der Waals surface area contributed by atoms with Gasteiger partial charge < -0.3 is 21.3 Å². The van der Waals surface area contributed by atoms with Crippen molar-refractivity contribution in [2.45, 2.75) is 45.1 Å². The molecule has 1 aromatic carbocycles. The van der Waals surface area contributed by atoms with E-state index in [0.29, 0.717) is 30.7 Å². The van der Waals surface area contributed by atoms with Crippen molar-refractivity contribution in [2.24, 2.45) is 0 Å². The number of hydrogen-bond acceptors (Lipinski definition) is 4. The van der Waals surface area contributed by atoms with E-state index < -0.39 is 0 Å². The highest BCUT2D eigenvalue weighted by atomic mass is 16.2. The Morgan fingerprint density at radius 3 is 2.74 bits per heavy atom. The van der Waals surface area contributed by atoms with Gasteiger partial charge in [0.05, 0.1) is 11.2 Å². The second-order valence-electron chi connectivity index (χ2n) is 7.81. The van der Waals surface area contributed by atoms with Gasteiger partial charge in [-0.1, -0.05) is 0 Å². The predicted octanol–water partition coefficient (Wildman–Crippen LogP) is 2.54. The Balaban J connectivity index is 1.84. The molecule has 0 spiro atoms. The number of hydrogen-bond donors (Lipinski definition) is 3. The first-order chi connectivity index (χ1) is 13.0. The van der Waals surface area contributed by atoms with E-state index in [1.807, 2.05) is 26.1 Å². The van der Waals surface area contributed by atoms with Gasteiger partial charge in [0, 0.05) is 42.3 Å². The van der Waals surface area contributed by atoms with Crippen LogP contribution in [0.2, 0.25) is 0 Å². The number of piperidine rings is 1. The summed E-state index contributed by atoms with van der Waals surface area (Å²) in [5, 5.41) is 1.14. The van der Waals surface area contributed by atoms with Crippen LogP contribution in [0.15, 0.2) is 12.3 Å². The van der Waals surface area contributed by atoms with Gasteiger partial charge in [-0.2, -0.15) is 0 Å². The number of fused-ring (bicyclic) bond motifs is 2. The fourth-order valence-electron chi connectivity index (χ4n) is 5.01. The summed E-state index contributed by atoms with van der Waals surface area (Å²) in [7, 11) is 2.20. The normalized spacial score (nSPS) is 21.9. The molecule has 1 aliphatic carbocycles. The van der Waals surface area contributed by atoms with E-state index in [1.54, 1.807) is 9.58 Å². The quantitative estimate of drug-likeness (QED) is 0.724. The molecule has 146 valence electrons. The van der Waals surface area contributed by atoms with Crippen LogP contribution in [0.25, 0.3) is 10.9 Å². The summed E-state index contributed by atoms with van der Waals surface area (Å²) in [5.41, 5.74) is 20.5. The Morgan fingerprint density at radius 2 is 2.04 bits per heavy atom. The number of benzene rings is 1. The lowest BCUT2D eigenvalue weighted by molar-refractivity contribution is 0.157. The minimum Gasteiger partial charge on any atom is -0.398 e. The molecule has 2 aliphatic rings. The molecular weight excluding hydrogens is 340 g/mol. The van der Waals surface area contributed by atoms with Gasteiger partial charge in [-0.05, 0) is 63.9 Å². The largest absolute Gasteiger partial charge is 0.398 e. The summed E-state index contributed by atoms with van der Waals surface area (Å²) in [6, 6.07) is 2.20. The van der Waals surface area contributed by atoms with Crippen LogP contribution < -0.4 is 16.9 Å². The maximum atomic E-state index is 12.6. The molecule has 4 rings (SSSR count). The zero-order valence-electron chi connectivity index (χ0n) is 16.5. The van der Waals surface area contributed by atoms with Crippen LogP contribution in [-0.4, -0.2) is 53.2 Å². The standard InChI is InChI=1S/C20H30N6O/c1-4-25(5-2)20(27)23-26-11-12-9-16-13(7-6-8-24(16)3)18-14(21)10-15(22)19(26)17(12)18/h10-11,13,16H,4-9,21-22H2,1-3H3,(H,23,27)/t13-,16+/m0/s1. The Bertz CT molecular complexity index is 884. The van der Waals surface area contributed by atoms with Crippen LogP contribution in [0.3, 0.4) is 0 Å². The van der Waals surface area contributed by atoms with Crippen LogP contribution in [0.5, 0.6) is 0 Å². The Morgan fingerprint density at radius 1 is 1.30 bits per heavy atom. The Kier molecular flexibility index (Phi) is 4.42. The molecular formula is C20H30N6O. The number of carbonyl (C=O) groups excluding carboxylic acids is 1. The minimum atomic E-state index is -0.116. The zero-order chi connectivity index (χ0) is 19.3. The lowest BCUT2D eigenvalue weighted by Crippen LogP contribution is -2.44. The van der Waals surface area contributed by atoms with Gasteiger partial charge in [-0.15, -0.1) is 0 Å².